The van der Waals surface area contributed by atoms with E-state index in [4.69, 9.17) is 22.1 Å². The minimum atomic E-state index is -0.628. The van der Waals surface area contributed by atoms with E-state index in [1.807, 2.05) is 6.07 Å². The highest BCUT2D eigenvalue weighted by Gasteiger charge is 2.14. The normalized spacial score (nSPS) is 9.48. The Morgan fingerprint density at radius 1 is 1.14 bits per heavy atom. The highest BCUT2D eigenvalue weighted by atomic mass is 35.5. The number of rotatable bonds is 3. The summed E-state index contributed by atoms with van der Waals surface area (Å²) in [6, 6.07) is 12.5. The van der Waals surface area contributed by atoms with E-state index in [0.717, 1.165) is 0 Å². The van der Waals surface area contributed by atoms with Crippen LogP contribution in [0.3, 0.4) is 0 Å². The number of nitrogens with one attached hydrogen (secondary N) is 1. The van der Waals surface area contributed by atoms with Gasteiger partial charge in [-0.25, -0.2) is 0 Å². The molecule has 0 aromatic heterocycles. The van der Waals surface area contributed by atoms with Crippen LogP contribution in [0.25, 0.3) is 0 Å². The Labute approximate surface area is 125 Å². The van der Waals surface area contributed by atoms with Gasteiger partial charge < -0.3 is 5.32 Å². The van der Waals surface area contributed by atoms with Gasteiger partial charge >= 0.3 is 0 Å². The van der Waals surface area contributed by atoms with Crippen molar-refractivity contribution in [1.82, 2.24) is 0 Å². The third-order valence-corrected chi connectivity index (χ3v) is 3.02. The molecular weight excluding hydrogens is 292 g/mol. The van der Waals surface area contributed by atoms with Gasteiger partial charge in [0.05, 0.1) is 27.3 Å². The number of nitrogens with zero attached hydrogens (tertiary/aromatic N) is 3. The van der Waals surface area contributed by atoms with Gasteiger partial charge in [-0.05, 0) is 30.3 Å². The van der Waals surface area contributed by atoms with E-state index in [0.29, 0.717) is 22.0 Å². The van der Waals surface area contributed by atoms with Crippen molar-refractivity contribution in [1.29, 1.82) is 10.5 Å². The van der Waals surface area contributed by atoms with Gasteiger partial charge in [0, 0.05) is 11.8 Å². The summed E-state index contributed by atoms with van der Waals surface area (Å²) in [4.78, 5) is 10.3. The highest BCUT2D eigenvalue weighted by Crippen LogP contribution is 2.29. The van der Waals surface area contributed by atoms with Gasteiger partial charge in [0.1, 0.15) is 11.6 Å². The van der Waals surface area contributed by atoms with E-state index in [1.54, 1.807) is 18.2 Å². The molecule has 102 valence electrons. The molecule has 0 atom stereocenters. The summed E-state index contributed by atoms with van der Waals surface area (Å²) in [7, 11) is 0. The van der Waals surface area contributed by atoms with Crippen molar-refractivity contribution in [2.24, 2.45) is 0 Å². The lowest BCUT2D eigenvalue weighted by Gasteiger charge is -2.09. The van der Waals surface area contributed by atoms with E-state index in [2.05, 4.69) is 5.32 Å². The SMILES string of the molecule is N#Cc1ccc(Cl)c(Nc2ccc(C#N)c([N+](=O)[O-])c2)c1. The van der Waals surface area contributed by atoms with Crippen LogP contribution in [-0.2, 0) is 0 Å². The van der Waals surface area contributed by atoms with Crippen LogP contribution in [0.15, 0.2) is 36.4 Å². The predicted octanol–water partition coefficient (Wildman–Crippen LogP) is 3.74. The molecule has 0 amide bonds. The number of nitro groups is 1. The Morgan fingerprint density at radius 3 is 2.52 bits per heavy atom. The first-order valence-corrected chi connectivity index (χ1v) is 6.08. The Hall–Kier alpha value is -3.09. The summed E-state index contributed by atoms with van der Waals surface area (Å²) in [6.07, 6.45) is 0. The molecule has 0 unspecified atom stereocenters. The Balaban J connectivity index is 2.41. The van der Waals surface area contributed by atoms with Crippen molar-refractivity contribution in [3.8, 4) is 12.1 Å². The molecule has 2 aromatic carbocycles. The standard InChI is InChI=1S/C14H7ClN4O2/c15-12-4-1-9(7-16)5-13(12)18-11-3-2-10(8-17)14(6-11)19(20)21/h1-6,18H. The van der Waals surface area contributed by atoms with E-state index < -0.39 is 4.92 Å². The molecule has 0 radical (unpaired) electrons. The number of nitro benzene ring substituents is 1. The van der Waals surface area contributed by atoms with Gasteiger partial charge in [0.15, 0.2) is 0 Å². The Morgan fingerprint density at radius 2 is 1.90 bits per heavy atom. The lowest BCUT2D eigenvalue weighted by molar-refractivity contribution is -0.385. The first kappa shape index (κ1) is 14.3. The smallest absolute Gasteiger partial charge is 0.289 e. The molecule has 0 bridgehead atoms. The topological polar surface area (TPSA) is 103 Å². The van der Waals surface area contributed by atoms with Crippen molar-refractivity contribution < 1.29 is 4.92 Å². The average molecular weight is 299 g/mol. The minimum Gasteiger partial charge on any atom is -0.354 e. The molecule has 1 N–H and O–H groups in total. The zero-order valence-corrected chi connectivity index (χ0v) is 11.3. The minimum absolute atomic E-state index is 0.0255. The maximum atomic E-state index is 10.9. The number of benzene rings is 2. The van der Waals surface area contributed by atoms with Crippen LogP contribution in [0, 0.1) is 32.8 Å². The fraction of sp³-hybridized carbons (Fsp3) is 0. The lowest BCUT2D eigenvalue weighted by Crippen LogP contribution is -1.96. The molecule has 7 heteroatoms. The fourth-order valence-corrected chi connectivity index (χ4v) is 1.87. The van der Waals surface area contributed by atoms with Crippen LogP contribution in [0.2, 0.25) is 5.02 Å². The van der Waals surface area contributed by atoms with Crippen LogP contribution >= 0.6 is 11.6 Å². The first-order valence-electron chi connectivity index (χ1n) is 5.70. The van der Waals surface area contributed by atoms with Gasteiger partial charge in [0.2, 0.25) is 0 Å². The van der Waals surface area contributed by atoms with Gasteiger partial charge in [0.25, 0.3) is 5.69 Å². The van der Waals surface area contributed by atoms with Crippen molar-refractivity contribution >= 4 is 28.7 Å². The van der Waals surface area contributed by atoms with E-state index in [-0.39, 0.29) is 11.3 Å². The molecule has 0 aliphatic heterocycles. The summed E-state index contributed by atoms with van der Waals surface area (Å²) < 4.78 is 0. The zero-order chi connectivity index (χ0) is 15.4. The summed E-state index contributed by atoms with van der Waals surface area (Å²) in [5.74, 6) is 0. The van der Waals surface area contributed by atoms with Crippen LogP contribution in [0.5, 0.6) is 0 Å². The third kappa shape index (κ3) is 3.08. The molecule has 2 aromatic rings. The zero-order valence-electron chi connectivity index (χ0n) is 10.5. The number of anilines is 2. The monoisotopic (exact) mass is 298 g/mol. The molecule has 21 heavy (non-hydrogen) atoms. The van der Waals surface area contributed by atoms with Gasteiger partial charge in [-0.2, -0.15) is 10.5 Å². The maximum Gasteiger partial charge on any atom is 0.289 e. The number of hydrogen-bond donors (Lipinski definition) is 1. The largest absolute Gasteiger partial charge is 0.354 e. The molecule has 0 saturated heterocycles. The van der Waals surface area contributed by atoms with Crippen LogP contribution in [-0.4, -0.2) is 4.92 Å². The van der Waals surface area contributed by atoms with Crippen LogP contribution in [0.1, 0.15) is 11.1 Å². The second-order valence-electron chi connectivity index (χ2n) is 4.03. The molecule has 0 aliphatic carbocycles. The summed E-state index contributed by atoms with van der Waals surface area (Å²) in [5.41, 5.74) is 0.940. The summed E-state index contributed by atoms with van der Waals surface area (Å²) >= 11 is 6.01. The molecule has 0 heterocycles. The summed E-state index contributed by atoms with van der Waals surface area (Å²) in [6.45, 7) is 0. The molecule has 6 nitrogen and oxygen atoms in total. The maximum absolute atomic E-state index is 10.9. The molecular formula is C14H7ClN4O2. The van der Waals surface area contributed by atoms with Crippen molar-refractivity contribution in [3.05, 3.63) is 62.7 Å². The van der Waals surface area contributed by atoms with Crippen molar-refractivity contribution in [2.75, 3.05) is 5.32 Å². The molecule has 0 saturated carbocycles. The first-order chi connectivity index (χ1) is 10.0. The number of hydrogen-bond acceptors (Lipinski definition) is 5. The van der Waals surface area contributed by atoms with Gasteiger partial charge in [-0.1, -0.05) is 11.6 Å². The lowest BCUT2D eigenvalue weighted by atomic mass is 10.1. The molecule has 0 spiro atoms. The Bertz CT molecular complexity index is 806. The summed E-state index contributed by atoms with van der Waals surface area (Å²) in [5, 5.41) is 31.9. The fourth-order valence-electron chi connectivity index (χ4n) is 1.70. The quantitative estimate of drug-likeness (QED) is 0.687. The third-order valence-electron chi connectivity index (χ3n) is 2.69. The van der Waals surface area contributed by atoms with Crippen molar-refractivity contribution in [2.45, 2.75) is 0 Å². The average Bonchev–Trinajstić information content (AvgIpc) is 2.49. The Kier molecular flexibility index (Phi) is 4.03. The van der Waals surface area contributed by atoms with Crippen LogP contribution in [0.4, 0.5) is 17.1 Å². The number of nitriles is 2. The van der Waals surface area contributed by atoms with E-state index in [9.17, 15) is 10.1 Å². The molecule has 0 aliphatic rings. The number of halogens is 1. The molecule has 2 rings (SSSR count). The second kappa shape index (κ2) is 5.91. The van der Waals surface area contributed by atoms with E-state index >= 15 is 0 Å². The van der Waals surface area contributed by atoms with Gasteiger partial charge in [-0.15, -0.1) is 0 Å². The van der Waals surface area contributed by atoms with Crippen molar-refractivity contribution in [3.63, 3.8) is 0 Å². The predicted molar refractivity (Wildman–Crippen MR) is 77.3 cm³/mol. The second-order valence-corrected chi connectivity index (χ2v) is 4.44. The highest BCUT2D eigenvalue weighted by molar-refractivity contribution is 6.33. The van der Waals surface area contributed by atoms with E-state index in [1.165, 1.54) is 24.3 Å². The van der Waals surface area contributed by atoms with Crippen LogP contribution < -0.4 is 5.32 Å². The van der Waals surface area contributed by atoms with Gasteiger partial charge in [-0.3, -0.25) is 10.1 Å². The molecule has 0 fully saturated rings.